The summed E-state index contributed by atoms with van der Waals surface area (Å²) in [6.45, 7) is 2.14. The van der Waals surface area contributed by atoms with E-state index in [4.69, 9.17) is 0 Å². The highest BCUT2D eigenvalue weighted by molar-refractivity contribution is 7.90. The van der Waals surface area contributed by atoms with Crippen LogP contribution in [0.1, 0.15) is 30.4 Å². The van der Waals surface area contributed by atoms with Crippen LogP contribution in [0.3, 0.4) is 0 Å². The Kier molecular flexibility index (Phi) is 4.05. The molecule has 1 atom stereocenters. The molecule has 2 aromatic carbocycles. The van der Waals surface area contributed by atoms with Crippen LogP contribution in [0.15, 0.2) is 59.5 Å². The molecular weight excluding hydrogens is 256 g/mol. The van der Waals surface area contributed by atoms with Gasteiger partial charge < -0.3 is 0 Å². The lowest BCUT2D eigenvalue weighted by molar-refractivity contribution is 0.602. The topological polar surface area (TPSA) is 34.1 Å². The second-order valence-electron chi connectivity index (χ2n) is 4.71. The lowest BCUT2D eigenvalue weighted by Crippen LogP contribution is -2.01. The summed E-state index contributed by atoms with van der Waals surface area (Å²) in [5, 5.41) is 0. The van der Waals surface area contributed by atoms with Gasteiger partial charge in [0.25, 0.3) is 0 Å². The molecule has 0 amide bonds. The van der Waals surface area contributed by atoms with Gasteiger partial charge in [-0.05, 0) is 29.7 Å². The van der Waals surface area contributed by atoms with Crippen LogP contribution in [0.5, 0.6) is 0 Å². The van der Waals surface area contributed by atoms with E-state index in [1.54, 1.807) is 12.1 Å². The van der Waals surface area contributed by atoms with E-state index in [9.17, 15) is 8.42 Å². The fourth-order valence-corrected chi connectivity index (χ4v) is 2.93. The zero-order valence-electron chi connectivity index (χ0n) is 11.2. The Bertz CT molecular complexity index is 628. The smallest absolute Gasteiger partial charge is 0.175 e. The summed E-state index contributed by atoms with van der Waals surface area (Å²) in [7, 11) is -3.12. The molecular formula is C16H18O2S. The Balaban J connectivity index is 2.35. The largest absolute Gasteiger partial charge is 0.224 e. The van der Waals surface area contributed by atoms with Gasteiger partial charge >= 0.3 is 0 Å². The second kappa shape index (κ2) is 5.57. The Morgan fingerprint density at radius 2 is 1.42 bits per heavy atom. The fourth-order valence-electron chi connectivity index (χ4n) is 2.30. The third kappa shape index (κ3) is 3.24. The fraction of sp³-hybridized carbons (Fsp3) is 0.250. The third-order valence-electron chi connectivity index (χ3n) is 3.32. The summed E-state index contributed by atoms with van der Waals surface area (Å²) in [4.78, 5) is 0.374. The standard InChI is InChI=1S/C16H18O2S/c1-3-16(13-7-5-4-6-8-13)14-9-11-15(12-10-14)19(2,17)18/h4-12,16H,3H2,1-2H3. The maximum Gasteiger partial charge on any atom is 0.175 e. The van der Waals surface area contributed by atoms with Crippen molar-refractivity contribution in [1.82, 2.24) is 0 Å². The molecule has 0 radical (unpaired) electrons. The molecule has 1 unspecified atom stereocenters. The van der Waals surface area contributed by atoms with Gasteiger partial charge in [0.05, 0.1) is 4.90 Å². The molecule has 0 aliphatic carbocycles. The van der Waals surface area contributed by atoms with Crippen molar-refractivity contribution < 1.29 is 8.42 Å². The lowest BCUT2D eigenvalue weighted by Gasteiger charge is -2.16. The molecule has 0 aromatic heterocycles. The van der Waals surface area contributed by atoms with E-state index in [-0.39, 0.29) is 0 Å². The van der Waals surface area contributed by atoms with Crippen molar-refractivity contribution in [3.63, 3.8) is 0 Å². The van der Waals surface area contributed by atoms with E-state index < -0.39 is 9.84 Å². The van der Waals surface area contributed by atoms with Crippen LogP contribution in [0, 0.1) is 0 Å². The summed E-state index contributed by atoms with van der Waals surface area (Å²) in [5.74, 6) is 0.315. The van der Waals surface area contributed by atoms with Gasteiger partial charge in [-0.25, -0.2) is 8.42 Å². The summed E-state index contributed by atoms with van der Waals surface area (Å²) in [6.07, 6.45) is 2.22. The molecule has 0 saturated carbocycles. The van der Waals surface area contributed by atoms with E-state index in [0.717, 1.165) is 12.0 Å². The van der Waals surface area contributed by atoms with Crippen LogP contribution in [0.2, 0.25) is 0 Å². The van der Waals surface area contributed by atoms with E-state index in [1.165, 1.54) is 11.8 Å². The van der Waals surface area contributed by atoms with Gasteiger partial charge in [0.2, 0.25) is 0 Å². The maximum absolute atomic E-state index is 11.5. The van der Waals surface area contributed by atoms with Gasteiger partial charge in [-0.2, -0.15) is 0 Å². The first-order chi connectivity index (χ1) is 9.02. The molecule has 2 rings (SSSR count). The zero-order chi connectivity index (χ0) is 13.9. The second-order valence-corrected chi connectivity index (χ2v) is 6.73. The molecule has 0 saturated heterocycles. The quantitative estimate of drug-likeness (QED) is 0.853. The Morgan fingerprint density at radius 3 is 1.89 bits per heavy atom. The van der Waals surface area contributed by atoms with Gasteiger partial charge in [-0.15, -0.1) is 0 Å². The molecule has 0 N–H and O–H groups in total. The molecule has 3 heteroatoms. The van der Waals surface area contributed by atoms with Gasteiger partial charge in [0.15, 0.2) is 9.84 Å². The van der Waals surface area contributed by atoms with E-state index in [2.05, 4.69) is 19.1 Å². The minimum absolute atomic E-state index is 0.315. The molecule has 2 nitrogen and oxygen atoms in total. The highest BCUT2D eigenvalue weighted by Gasteiger charge is 2.13. The summed E-state index contributed by atoms with van der Waals surface area (Å²) in [5.41, 5.74) is 2.42. The van der Waals surface area contributed by atoms with Gasteiger partial charge in [0.1, 0.15) is 0 Å². The molecule has 2 aromatic rings. The van der Waals surface area contributed by atoms with Crippen molar-refractivity contribution in [1.29, 1.82) is 0 Å². The SMILES string of the molecule is CCC(c1ccccc1)c1ccc(S(C)(=O)=O)cc1. The Labute approximate surface area is 115 Å². The molecule has 0 spiro atoms. The van der Waals surface area contributed by atoms with Gasteiger partial charge in [0, 0.05) is 12.2 Å². The van der Waals surface area contributed by atoms with Crippen LogP contribution < -0.4 is 0 Å². The molecule has 0 aliphatic heterocycles. The van der Waals surface area contributed by atoms with Crippen molar-refractivity contribution in [3.05, 3.63) is 65.7 Å². The van der Waals surface area contributed by atoms with Crippen molar-refractivity contribution in [2.45, 2.75) is 24.2 Å². The van der Waals surface area contributed by atoms with Crippen molar-refractivity contribution in [2.24, 2.45) is 0 Å². The summed E-state index contributed by atoms with van der Waals surface area (Å²) < 4.78 is 22.9. The zero-order valence-corrected chi connectivity index (χ0v) is 12.0. The monoisotopic (exact) mass is 274 g/mol. The normalized spacial score (nSPS) is 13.2. The molecule has 100 valence electrons. The number of rotatable bonds is 4. The minimum Gasteiger partial charge on any atom is -0.224 e. The summed E-state index contributed by atoms with van der Waals surface area (Å²) in [6, 6.07) is 17.5. The maximum atomic E-state index is 11.5. The molecule has 19 heavy (non-hydrogen) atoms. The predicted octanol–water partition coefficient (Wildman–Crippen LogP) is 3.63. The Hall–Kier alpha value is -1.61. The highest BCUT2D eigenvalue weighted by Crippen LogP contribution is 2.28. The number of benzene rings is 2. The van der Waals surface area contributed by atoms with Crippen molar-refractivity contribution in [2.75, 3.05) is 6.26 Å². The summed E-state index contributed by atoms with van der Waals surface area (Å²) >= 11 is 0. The average molecular weight is 274 g/mol. The molecule has 0 fully saturated rings. The van der Waals surface area contributed by atoms with Gasteiger partial charge in [-0.1, -0.05) is 49.4 Å². The number of hydrogen-bond acceptors (Lipinski definition) is 2. The predicted molar refractivity (Wildman–Crippen MR) is 78.1 cm³/mol. The first kappa shape index (κ1) is 13.8. The molecule has 0 heterocycles. The third-order valence-corrected chi connectivity index (χ3v) is 4.45. The van der Waals surface area contributed by atoms with Crippen LogP contribution in [-0.4, -0.2) is 14.7 Å². The van der Waals surface area contributed by atoms with Gasteiger partial charge in [-0.3, -0.25) is 0 Å². The van der Waals surface area contributed by atoms with Crippen molar-refractivity contribution >= 4 is 9.84 Å². The first-order valence-electron chi connectivity index (χ1n) is 6.37. The van der Waals surface area contributed by atoms with E-state index in [1.807, 2.05) is 30.3 Å². The molecule has 0 aliphatic rings. The molecule has 0 bridgehead atoms. The van der Waals surface area contributed by atoms with Crippen molar-refractivity contribution in [3.8, 4) is 0 Å². The van der Waals surface area contributed by atoms with Crippen LogP contribution in [-0.2, 0) is 9.84 Å². The van der Waals surface area contributed by atoms with Crippen LogP contribution >= 0.6 is 0 Å². The minimum atomic E-state index is -3.12. The van der Waals surface area contributed by atoms with Crippen LogP contribution in [0.4, 0.5) is 0 Å². The average Bonchev–Trinajstić information content (AvgIpc) is 2.40. The highest BCUT2D eigenvalue weighted by atomic mass is 32.2. The van der Waals surface area contributed by atoms with E-state index in [0.29, 0.717) is 10.8 Å². The lowest BCUT2D eigenvalue weighted by atomic mass is 9.89. The van der Waals surface area contributed by atoms with E-state index >= 15 is 0 Å². The first-order valence-corrected chi connectivity index (χ1v) is 8.26. The Morgan fingerprint density at radius 1 is 0.895 bits per heavy atom. The number of hydrogen-bond donors (Lipinski definition) is 0. The number of sulfone groups is 1. The van der Waals surface area contributed by atoms with Crippen LogP contribution in [0.25, 0.3) is 0 Å².